The molecule has 2 rings (SSSR count). The van der Waals surface area contributed by atoms with Crippen molar-refractivity contribution in [3.63, 3.8) is 0 Å². The average Bonchev–Trinajstić information content (AvgIpc) is 2.42. The Labute approximate surface area is 110 Å². The molecule has 0 fully saturated rings. The molecule has 0 aliphatic carbocycles. The smallest absolute Gasteiger partial charge is 0.0184 e. The van der Waals surface area contributed by atoms with Crippen LogP contribution in [0.3, 0.4) is 0 Å². The molecule has 2 N–H and O–H groups in total. The molecule has 0 heterocycles. The van der Waals surface area contributed by atoms with Crippen LogP contribution in [-0.2, 0) is 0 Å². The van der Waals surface area contributed by atoms with E-state index < -0.39 is 0 Å². The van der Waals surface area contributed by atoms with Gasteiger partial charge in [0.05, 0.1) is 0 Å². The van der Waals surface area contributed by atoms with Gasteiger partial charge in [-0.25, -0.2) is 0 Å². The second-order valence-electron chi connectivity index (χ2n) is 3.71. The zero-order chi connectivity index (χ0) is 12.3. The molecule has 18 heavy (non-hydrogen) atoms. The summed E-state index contributed by atoms with van der Waals surface area (Å²) in [5.74, 6) is 0. The molecule has 2 aromatic rings. The van der Waals surface area contributed by atoms with Crippen molar-refractivity contribution in [2.45, 2.75) is 20.3 Å². The van der Waals surface area contributed by atoms with Crippen molar-refractivity contribution in [1.29, 1.82) is 0 Å². The summed E-state index contributed by atoms with van der Waals surface area (Å²) in [5, 5.41) is 0. The van der Waals surface area contributed by atoms with Crippen LogP contribution in [-0.4, -0.2) is 5.48 Å². The Morgan fingerprint density at radius 1 is 0.778 bits per heavy atom. The number of allylic oxidation sites excluding steroid dienone is 2. The highest BCUT2D eigenvalue weighted by Gasteiger charge is 1.91. The zero-order valence-electron chi connectivity index (χ0n) is 11.1. The Bertz CT molecular complexity index is 380. The van der Waals surface area contributed by atoms with Crippen LogP contribution in [0.2, 0.25) is 0 Å². The minimum absolute atomic E-state index is 0. The lowest BCUT2D eigenvalue weighted by molar-refractivity contribution is 0.824. The predicted octanol–water partition coefficient (Wildman–Crippen LogP) is 4.50. The summed E-state index contributed by atoms with van der Waals surface area (Å²) in [6.45, 7) is 4.16. The van der Waals surface area contributed by atoms with Gasteiger partial charge in [0.2, 0.25) is 0 Å². The molecule has 1 nitrogen and oxygen atoms in total. The largest absolute Gasteiger partial charge is 0.412 e. The minimum Gasteiger partial charge on any atom is -0.412 e. The predicted molar refractivity (Wildman–Crippen MR) is 80.6 cm³/mol. The van der Waals surface area contributed by atoms with Gasteiger partial charge in [-0.15, -0.1) is 0 Å². The lowest BCUT2D eigenvalue weighted by Gasteiger charge is -1.98. The SMILES string of the molecule is CC=CCC.O.c1ccc(-c2ccccc2)cc1. The van der Waals surface area contributed by atoms with E-state index in [1.165, 1.54) is 11.1 Å². The van der Waals surface area contributed by atoms with Crippen LogP contribution < -0.4 is 0 Å². The lowest BCUT2D eigenvalue weighted by atomic mass is 10.1. The van der Waals surface area contributed by atoms with Gasteiger partial charge >= 0.3 is 0 Å². The van der Waals surface area contributed by atoms with Crippen molar-refractivity contribution in [3.05, 3.63) is 72.8 Å². The molecule has 2 aromatic carbocycles. The molecular weight excluding hydrogens is 220 g/mol. The fourth-order valence-corrected chi connectivity index (χ4v) is 1.50. The molecule has 0 unspecified atom stereocenters. The molecule has 0 radical (unpaired) electrons. The molecule has 0 amide bonds. The van der Waals surface area contributed by atoms with Crippen molar-refractivity contribution in [3.8, 4) is 11.1 Å². The minimum atomic E-state index is 0. The molecule has 0 saturated heterocycles. The monoisotopic (exact) mass is 242 g/mol. The normalized spacial score (nSPS) is 9.22. The maximum Gasteiger partial charge on any atom is -0.0184 e. The Hall–Kier alpha value is -1.86. The van der Waals surface area contributed by atoms with E-state index in [1.54, 1.807) is 0 Å². The number of rotatable bonds is 2. The Morgan fingerprint density at radius 2 is 1.17 bits per heavy atom. The zero-order valence-corrected chi connectivity index (χ0v) is 11.1. The summed E-state index contributed by atoms with van der Waals surface area (Å²) < 4.78 is 0. The standard InChI is InChI=1S/C12H10.C5H10.H2O/c1-3-7-11(8-4-1)12-9-5-2-6-10-12;1-3-5-4-2;/h1-10H;3,5H,4H2,1-2H3;1H2. The second kappa shape index (κ2) is 10.3. The average molecular weight is 242 g/mol. The maximum atomic E-state index is 2.12. The van der Waals surface area contributed by atoms with E-state index in [-0.39, 0.29) is 5.48 Å². The van der Waals surface area contributed by atoms with Crippen molar-refractivity contribution in [2.24, 2.45) is 0 Å². The number of benzene rings is 2. The highest BCUT2D eigenvalue weighted by Crippen LogP contribution is 2.17. The summed E-state index contributed by atoms with van der Waals surface area (Å²) in [7, 11) is 0. The summed E-state index contributed by atoms with van der Waals surface area (Å²) in [4.78, 5) is 0. The number of hydrogen-bond acceptors (Lipinski definition) is 0. The molecule has 0 atom stereocenters. The van der Waals surface area contributed by atoms with Crippen LogP contribution in [0.4, 0.5) is 0 Å². The van der Waals surface area contributed by atoms with E-state index in [1.807, 2.05) is 19.1 Å². The van der Waals surface area contributed by atoms with Crippen LogP contribution >= 0.6 is 0 Å². The molecule has 0 aliphatic rings. The van der Waals surface area contributed by atoms with Crippen molar-refractivity contribution in [2.75, 3.05) is 0 Å². The third-order valence-electron chi connectivity index (χ3n) is 2.35. The highest BCUT2D eigenvalue weighted by molar-refractivity contribution is 5.62. The van der Waals surface area contributed by atoms with Crippen molar-refractivity contribution in [1.82, 2.24) is 0 Å². The van der Waals surface area contributed by atoms with Crippen LogP contribution in [0.25, 0.3) is 11.1 Å². The Balaban J connectivity index is 0.000000421. The van der Waals surface area contributed by atoms with Crippen molar-refractivity contribution >= 4 is 0 Å². The molecular formula is C17H22O. The third-order valence-corrected chi connectivity index (χ3v) is 2.35. The molecule has 0 aromatic heterocycles. The van der Waals surface area contributed by atoms with Crippen molar-refractivity contribution < 1.29 is 5.48 Å². The summed E-state index contributed by atoms with van der Waals surface area (Å²) in [6, 6.07) is 20.8. The molecule has 0 spiro atoms. The first-order valence-electron chi connectivity index (χ1n) is 6.10. The molecule has 0 bridgehead atoms. The number of hydrogen-bond donors (Lipinski definition) is 0. The molecule has 0 aliphatic heterocycles. The van der Waals surface area contributed by atoms with Gasteiger partial charge in [0.1, 0.15) is 0 Å². The van der Waals surface area contributed by atoms with E-state index in [0.29, 0.717) is 0 Å². The van der Waals surface area contributed by atoms with Gasteiger partial charge < -0.3 is 5.48 Å². The fourth-order valence-electron chi connectivity index (χ4n) is 1.50. The Morgan fingerprint density at radius 3 is 1.39 bits per heavy atom. The topological polar surface area (TPSA) is 31.5 Å². The fraction of sp³-hybridized carbons (Fsp3) is 0.176. The van der Waals surface area contributed by atoms with E-state index in [9.17, 15) is 0 Å². The van der Waals surface area contributed by atoms with E-state index in [0.717, 1.165) is 6.42 Å². The third kappa shape index (κ3) is 6.02. The van der Waals surface area contributed by atoms with Gasteiger partial charge in [-0.1, -0.05) is 79.7 Å². The van der Waals surface area contributed by atoms with Gasteiger partial charge in [-0.3, -0.25) is 0 Å². The van der Waals surface area contributed by atoms with Crippen LogP contribution in [0.5, 0.6) is 0 Å². The molecule has 1 heteroatoms. The van der Waals surface area contributed by atoms with Crippen LogP contribution in [0.15, 0.2) is 72.8 Å². The van der Waals surface area contributed by atoms with Gasteiger partial charge in [-0.05, 0) is 24.5 Å². The first-order chi connectivity index (χ1) is 8.38. The van der Waals surface area contributed by atoms with E-state index in [4.69, 9.17) is 0 Å². The summed E-state index contributed by atoms with van der Waals surface area (Å²) in [5.41, 5.74) is 2.55. The van der Waals surface area contributed by atoms with Gasteiger partial charge in [0.25, 0.3) is 0 Å². The quantitative estimate of drug-likeness (QED) is 0.694. The molecule has 0 saturated carbocycles. The summed E-state index contributed by atoms with van der Waals surface area (Å²) in [6.07, 6.45) is 5.34. The van der Waals surface area contributed by atoms with E-state index in [2.05, 4.69) is 67.6 Å². The van der Waals surface area contributed by atoms with Gasteiger partial charge in [-0.2, -0.15) is 0 Å². The van der Waals surface area contributed by atoms with E-state index >= 15 is 0 Å². The Kier molecular flexibility index (Phi) is 9.24. The first kappa shape index (κ1) is 16.1. The van der Waals surface area contributed by atoms with Crippen LogP contribution in [0.1, 0.15) is 20.3 Å². The maximum absolute atomic E-state index is 2.12. The molecule has 96 valence electrons. The van der Waals surface area contributed by atoms with Gasteiger partial charge in [0.15, 0.2) is 0 Å². The highest BCUT2D eigenvalue weighted by atomic mass is 16.0. The summed E-state index contributed by atoms with van der Waals surface area (Å²) >= 11 is 0. The van der Waals surface area contributed by atoms with Crippen LogP contribution in [0, 0.1) is 0 Å². The second-order valence-corrected chi connectivity index (χ2v) is 3.71. The first-order valence-corrected chi connectivity index (χ1v) is 6.10. The lowest BCUT2D eigenvalue weighted by Crippen LogP contribution is -1.73. The van der Waals surface area contributed by atoms with Gasteiger partial charge in [0, 0.05) is 0 Å².